The maximum Gasteiger partial charge on any atom is 0.191 e. The molecule has 0 amide bonds. The number of hydrogen-bond donors (Lipinski definition) is 2. The standard InChI is InChI=1S/C19H32N4O.HI/c1-14(2)22-19(20-5)21-10-17-8-6-7-9-18(17)13-23-11-15(3)24-16(4)12-23;/h6-9,14-16H,10-13H2,1-5H3,(H2,20,21,22);1H. The zero-order valence-electron chi connectivity index (χ0n) is 16.1. The van der Waals surface area contributed by atoms with Gasteiger partial charge in [-0.1, -0.05) is 24.3 Å². The van der Waals surface area contributed by atoms with E-state index in [1.807, 2.05) is 0 Å². The first-order valence-corrected chi connectivity index (χ1v) is 8.89. The summed E-state index contributed by atoms with van der Waals surface area (Å²) in [5.41, 5.74) is 2.68. The number of morpholine rings is 1. The highest BCUT2D eigenvalue weighted by atomic mass is 127. The highest BCUT2D eigenvalue weighted by Crippen LogP contribution is 2.17. The first-order valence-electron chi connectivity index (χ1n) is 8.89. The van der Waals surface area contributed by atoms with Gasteiger partial charge in [-0.25, -0.2) is 0 Å². The van der Waals surface area contributed by atoms with Crippen LogP contribution < -0.4 is 10.6 Å². The van der Waals surface area contributed by atoms with Gasteiger partial charge in [0.1, 0.15) is 0 Å². The SMILES string of the molecule is CN=C(NCc1ccccc1CN1CC(C)OC(C)C1)NC(C)C.I. The second-order valence-electron chi connectivity index (χ2n) is 6.94. The number of rotatable bonds is 5. The van der Waals surface area contributed by atoms with Gasteiger partial charge in [0.15, 0.2) is 5.96 Å². The van der Waals surface area contributed by atoms with Gasteiger partial charge in [-0.05, 0) is 38.8 Å². The molecule has 25 heavy (non-hydrogen) atoms. The third kappa shape index (κ3) is 7.50. The van der Waals surface area contributed by atoms with E-state index in [2.05, 4.69) is 72.5 Å². The van der Waals surface area contributed by atoms with Gasteiger partial charge in [0.05, 0.1) is 12.2 Å². The van der Waals surface area contributed by atoms with Gasteiger partial charge in [0.2, 0.25) is 0 Å². The topological polar surface area (TPSA) is 48.9 Å². The van der Waals surface area contributed by atoms with E-state index < -0.39 is 0 Å². The van der Waals surface area contributed by atoms with E-state index in [9.17, 15) is 0 Å². The lowest BCUT2D eigenvalue weighted by Gasteiger charge is -2.35. The molecule has 0 spiro atoms. The molecule has 0 saturated carbocycles. The van der Waals surface area contributed by atoms with Crippen LogP contribution in [0, 0.1) is 0 Å². The minimum absolute atomic E-state index is 0. The van der Waals surface area contributed by atoms with Gasteiger partial charge in [-0.3, -0.25) is 9.89 Å². The van der Waals surface area contributed by atoms with Crippen molar-refractivity contribution in [1.29, 1.82) is 0 Å². The van der Waals surface area contributed by atoms with Crippen LogP contribution >= 0.6 is 24.0 Å². The van der Waals surface area contributed by atoms with Crippen molar-refractivity contribution in [2.75, 3.05) is 20.1 Å². The molecule has 0 aliphatic carbocycles. The second kappa shape index (κ2) is 11.0. The zero-order valence-corrected chi connectivity index (χ0v) is 18.4. The molecule has 0 aromatic heterocycles. The molecule has 1 aromatic carbocycles. The lowest BCUT2D eigenvalue weighted by Crippen LogP contribution is -2.45. The predicted octanol–water partition coefficient (Wildman–Crippen LogP) is 2.99. The Morgan fingerprint density at radius 1 is 1.20 bits per heavy atom. The first kappa shape index (κ1) is 22.2. The largest absolute Gasteiger partial charge is 0.373 e. The summed E-state index contributed by atoms with van der Waals surface area (Å²) < 4.78 is 5.84. The van der Waals surface area contributed by atoms with Crippen molar-refractivity contribution < 1.29 is 4.74 Å². The van der Waals surface area contributed by atoms with E-state index >= 15 is 0 Å². The van der Waals surface area contributed by atoms with Gasteiger partial charge in [-0.2, -0.15) is 0 Å². The monoisotopic (exact) mass is 460 g/mol. The lowest BCUT2D eigenvalue weighted by molar-refractivity contribution is -0.0705. The molecule has 6 heteroatoms. The zero-order chi connectivity index (χ0) is 17.5. The van der Waals surface area contributed by atoms with Gasteiger partial charge in [0, 0.05) is 39.3 Å². The molecule has 142 valence electrons. The summed E-state index contributed by atoms with van der Waals surface area (Å²) in [6, 6.07) is 9.00. The van der Waals surface area contributed by atoms with Crippen LogP contribution in [0.5, 0.6) is 0 Å². The predicted molar refractivity (Wildman–Crippen MR) is 116 cm³/mol. The smallest absolute Gasteiger partial charge is 0.191 e. The van der Waals surface area contributed by atoms with Crippen LogP contribution in [-0.4, -0.2) is 49.2 Å². The van der Waals surface area contributed by atoms with Gasteiger partial charge < -0.3 is 15.4 Å². The Morgan fingerprint density at radius 2 is 1.80 bits per heavy atom. The minimum Gasteiger partial charge on any atom is -0.373 e. The number of aliphatic imine (C=N–C) groups is 1. The quantitative estimate of drug-likeness (QED) is 0.403. The van der Waals surface area contributed by atoms with Crippen molar-refractivity contribution in [2.45, 2.75) is 59.0 Å². The average Bonchev–Trinajstić information content (AvgIpc) is 2.51. The van der Waals surface area contributed by atoms with Crippen LogP contribution in [-0.2, 0) is 17.8 Å². The molecule has 0 radical (unpaired) electrons. The highest BCUT2D eigenvalue weighted by molar-refractivity contribution is 14.0. The number of nitrogens with one attached hydrogen (secondary N) is 2. The van der Waals surface area contributed by atoms with Crippen molar-refractivity contribution >= 4 is 29.9 Å². The van der Waals surface area contributed by atoms with E-state index in [0.29, 0.717) is 18.2 Å². The number of nitrogens with zero attached hydrogens (tertiary/aromatic N) is 2. The van der Waals surface area contributed by atoms with E-state index in [0.717, 1.165) is 32.1 Å². The Labute approximate surface area is 169 Å². The summed E-state index contributed by atoms with van der Waals surface area (Å²) in [4.78, 5) is 6.76. The van der Waals surface area contributed by atoms with E-state index in [4.69, 9.17) is 4.74 Å². The molecule has 1 fully saturated rings. The van der Waals surface area contributed by atoms with Crippen molar-refractivity contribution in [3.63, 3.8) is 0 Å². The fourth-order valence-corrected chi connectivity index (χ4v) is 3.19. The molecule has 1 aliphatic heterocycles. The maximum absolute atomic E-state index is 5.84. The van der Waals surface area contributed by atoms with E-state index in [1.54, 1.807) is 7.05 Å². The Morgan fingerprint density at radius 3 is 2.36 bits per heavy atom. The van der Waals surface area contributed by atoms with Gasteiger partial charge in [0.25, 0.3) is 0 Å². The second-order valence-corrected chi connectivity index (χ2v) is 6.94. The van der Waals surface area contributed by atoms with Crippen LogP contribution in [0.15, 0.2) is 29.3 Å². The Hall–Kier alpha value is -0.860. The highest BCUT2D eigenvalue weighted by Gasteiger charge is 2.22. The molecule has 5 nitrogen and oxygen atoms in total. The summed E-state index contributed by atoms with van der Waals surface area (Å²) in [5.74, 6) is 0.841. The van der Waals surface area contributed by atoms with Crippen LogP contribution in [0.2, 0.25) is 0 Å². The normalized spacial score (nSPS) is 21.8. The molecule has 0 bridgehead atoms. The molecule has 2 rings (SSSR count). The summed E-state index contributed by atoms with van der Waals surface area (Å²) in [6.45, 7) is 12.2. The van der Waals surface area contributed by atoms with E-state index in [-0.39, 0.29) is 24.0 Å². The summed E-state index contributed by atoms with van der Waals surface area (Å²) in [6.07, 6.45) is 0.598. The van der Waals surface area contributed by atoms with Crippen molar-refractivity contribution in [3.05, 3.63) is 35.4 Å². The minimum atomic E-state index is 0. The summed E-state index contributed by atoms with van der Waals surface area (Å²) >= 11 is 0. The Kier molecular flexibility index (Phi) is 9.74. The molecule has 2 N–H and O–H groups in total. The van der Waals surface area contributed by atoms with Gasteiger partial charge >= 0.3 is 0 Å². The van der Waals surface area contributed by atoms with Crippen molar-refractivity contribution in [3.8, 4) is 0 Å². The average molecular weight is 460 g/mol. The van der Waals surface area contributed by atoms with Gasteiger partial charge in [-0.15, -0.1) is 24.0 Å². The number of benzene rings is 1. The Balaban J connectivity index is 0.00000312. The first-order chi connectivity index (χ1) is 11.5. The number of ether oxygens (including phenoxy) is 1. The van der Waals surface area contributed by atoms with Crippen molar-refractivity contribution in [1.82, 2.24) is 15.5 Å². The third-order valence-corrected chi connectivity index (χ3v) is 4.10. The number of guanidine groups is 1. The van der Waals surface area contributed by atoms with Crippen LogP contribution in [0.25, 0.3) is 0 Å². The molecule has 1 saturated heterocycles. The fourth-order valence-electron chi connectivity index (χ4n) is 3.19. The molecular formula is C19H33IN4O. The van der Waals surface area contributed by atoms with E-state index in [1.165, 1.54) is 11.1 Å². The third-order valence-electron chi connectivity index (χ3n) is 4.10. The number of hydrogen-bond acceptors (Lipinski definition) is 3. The fraction of sp³-hybridized carbons (Fsp3) is 0.632. The molecule has 1 aliphatic rings. The molecule has 2 unspecified atom stereocenters. The maximum atomic E-state index is 5.84. The summed E-state index contributed by atoms with van der Waals surface area (Å²) in [5, 5.41) is 6.73. The van der Waals surface area contributed by atoms with Crippen LogP contribution in [0.1, 0.15) is 38.8 Å². The summed E-state index contributed by atoms with van der Waals surface area (Å²) in [7, 11) is 1.81. The van der Waals surface area contributed by atoms with Crippen molar-refractivity contribution in [2.24, 2.45) is 4.99 Å². The molecule has 1 heterocycles. The number of halogens is 1. The molecular weight excluding hydrogens is 427 g/mol. The van der Waals surface area contributed by atoms with Crippen LogP contribution in [0.3, 0.4) is 0 Å². The molecule has 1 aromatic rings. The lowest BCUT2D eigenvalue weighted by atomic mass is 10.1. The Bertz CT molecular complexity index is 540. The molecule has 2 atom stereocenters. The van der Waals surface area contributed by atoms with Crippen LogP contribution in [0.4, 0.5) is 0 Å².